The third-order valence-corrected chi connectivity index (χ3v) is 9.92. The van der Waals surface area contributed by atoms with Crippen molar-refractivity contribution in [3.05, 3.63) is 167 Å². The maximum absolute atomic E-state index is 4.59. The third-order valence-electron chi connectivity index (χ3n) is 9.92. The fraction of sp³-hybridized carbons (Fsp3) is 0.136. The second-order valence-electron chi connectivity index (χ2n) is 13.1. The smallest absolute Gasteiger partial charge is 0.0966 e. The van der Waals surface area contributed by atoms with Crippen molar-refractivity contribution in [1.82, 2.24) is 0 Å². The Kier molecular flexibility index (Phi) is 7.21. The van der Waals surface area contributed by atoms with E-state index in [1.165, 1.54) is 76.6 Å². The lowest BCUT2D eigenvalue weighted by atomic mass is 9.33. The zero-order valence-corrected chi connectivity index (χ0v) is 27.0. The summed E-state index contributed by atoms with van der Waals surface area (Å²) in [5, 5.41) is 5.03. The number of allylic oxidation sites excluding steroid dienone is 1. The summed E-state index contributed by atoms with van der Waals surface area (Å²) in [6.45, 7) is 15.9. The molecule has 0 unspecified atom stereocenters. The summed E-state index contributed by atoms with van der Waals surface area (Å²) in [4.78, 5) is 0. The third kappa shape index (κ3) is 4.79. The molecule has 45 heavy (non-hydrogen) atoms. The van der Waals surface area contributed by atoms with Crippen molar-refractivity contribution in [2.75, 3.05) is 0 Å². The SMILES string of the molecule is C=C(C)/C(B(c1cccc(-c2ccc3c(c2)C(C)(C)c2ccccc2-3)c1)c1c(C)ccc2ccccc12)=c1/cccc/c1=C/C. The molecule has 218 valence electrons. The van der Waals surface area contributed by atoms with Crippen LogP contribution in [0.3, 0.4) is 0 Å². The Labute approximate surface area is 268 Å². The molecule has 0 saturated heterocycles. The number of benzene rings is 6. The van der Waals surface area contributed by atoms with E-state index in [2.05, 4.69) is 175 Å². The highest BCUT2D eigenvalue weighted by Gasteiger charge is 2.35. The van der Waals surface area contributed by atoms with Crippen molar-refractivity contribution in [2.45, 2.75) is 40.0 Å². The molecule has 0 N–H and O–H groups in total. The lowest BCUT2D eigenvalue weighted by Gasteiger charge is -2.24. The fourth-order valence-corrected chi connectivity index (χ4v) is 7.67. The molecule has 6 aromatic carbocycles. The van der Waals surface area contributed by atoms with Gasteiger partial charge < -0.3 is 0 Å². The minimum Gasteiger partial charge on any atom is -0.0966 e. The number of hydrogen-bond acceptors (Lipinski definition) is 0. The molecule has 0 spiro atoms. The van der Waals surface area contributed by atoms with Crippen LogP contribution in [-0.4, -0.2) is 6.71 Å². The van der Waals surface area contributed by atoms with Crippen LogP contribution in [0.1, 0.15) is 44.4 Å². The second kappa shape index (κ2) is 11.2. The number of aryl methyl sites for hydroxylation is 1. The van der Waals surface area contributed by atoms with Gasteiger partial charge in [-0.1, -0.05) is 175 Å². The molecular weight excluding hydrogens is 539 g/mol. The molecule has 0 amide bonds. The summed E-state index contributed by atoms with van der Waals surface area (Å²) in [5.41, 5.74) is 14.2. The lowest BCUT2D eigenvalue weighted by Crippen LogP contribution is -2.49. The Hall–Kier alpha value is -4.88. The van der Waals surface area contributed by atoms with Crippen molar-refractivity contribution >= 4 is 40.0 Å². The molecule has 1 aliphatic rings. The van der Waals surface area contributed by atoms with Gasteiger partial charge in [-0.05, 0) is 81.4 Å². The molecule has 7 rings (SSSR count). The van der Waals surface area contributed by atoms with Gasteiger partial charge in [0.1, 0.15) is 0 Å². The molecule has 0 nitrogen and oxygen atoms in total. The van der Waals surface area contributed by atoms with Gasteiger partial charge in [0.15, 0.2) is 0 Å². The largest absolute Gasteiger partial charge is 0.243 e. The maximum atomic E-state index is 4.59. The average molecular weight is 579 g/mol. The standard InChI is InChI=1S/C44H39B/c1-7-31-15-8-10-19-36(31)42(29(2)3)45(43-30(4)23-24-32-16-9-11-20-37(32)43)35-18-14-17-33(27-35)34-25-26-39-38-21-12-13-22-40(38)44(5,6)41(39)28-34/h7-28H,2H2,1,3-6H3/b31-7-,42-36+. The molecule has 0 atom stereocenters. The van der Waals surface area contributed by atoms with Crippen LogP contribution < -0.4 is 21.4 Å². The average Bonchev–Trinajstić information content (AvgIpc) is 3.29. The monoisotopic (exact) mass is 578 g/mol. The summed E-state index contributed by atoms with van der Waals surface area (Å²) in [6, 6.07) is 47.2. The highest BCUT2D eigenvalue weighted by molar-refractivity contribution is 7.01. The maximum Gasteiger partial charge on any atom is 0.243 e. The Morgan fingerprint density at radius 3 is 2.22 bits per heavy atom. The molecular formula is C44H39B. The number of fused-ring (bicyclic) bond motifs is 4. The van der Waals surface area contributed by atoms with Crippen molar-refractivity contribution in [3.63, 3.8) is 0 Å². The van der Waals surface area contributed by atoms with Crippen molar-refractivity contribution in [1.29, 1.82) is 0 Å². The van der Waals surface area contributed by atoms with Crippen molar-refractivity contribution in [3.8, 4) is 22.3 Å². The lowest BCUT2D eigenvalue weighted by molar-refractivity contribution is 0.660. The molecule has 0 heterocycles. The predicted molar refractivity (Wildman–Crippen MR) is 197 cm³/mol. The zero-order valence-electron chi connectivity index (χ0n) is 27.0. The normalized spacial score (nSPS) is 14.2. The first-order chi connectivity index (χ1) is 21.8. The quantitative estimate of drug-likeness (QED) is 0.180. The van der Waals surface area contributed by atoms with Gasteiger partial charge in [-0.3, -0.25) is 0 Å². The minimum absolute atomic E-state index is 0.00442. The van der Waals surface area contributed by atoms with Gasteiger partial charge in [0.25, 0.3) is 0 Å². The van der Waals surface area contributed by atoms with Crippen LogP contribution in [-0.2, 0) is 5.41 Å². The molecule has 0 aliphatic heterocycles. The molecule has 0 bridgehead atoms. The number of hydrogen-bond donors (Lipinski definition) is 0. The highest BCUT2D eigenvalue weighted by Crippen LogP contribution is 2.49. The molecule has 0 saturated carbocycles. The van der Waals surface area contributed by atoms with Gasteiger partial charge in [0.05, 0.1) is 0 Å². The van der Waals surface area contributed by atoms with Crippen LogP contribution in [0, 0.1) is 6.92 Å². The van der Waals surface area contributed by atoms with Crippen LogP contribution in [0.5, 0.6) is 0 Å². The first-order valence-electron chi connectivity index (χ1n) is 16.0. The van der Waals surface area contributed by atoms with Crippen molar-refractivity contribution in [2.24, 2.45) is 0 Å². The fourth-order valence-electron chi connectivity index (χ4n) is 7.67. The second-order valence-corrected chi connectivity index (χ2v) is 13.1. The summed E-state index contributed by atoms with van der Waals surface area (Å²) < 4.78 is 0. The number of rotatable bonds is 5. The van der Waals surface area contributed by atoms with E-state index in [1.807, 2.05) is 0 Å². The predicted octanol–water partition coefficient (Wildman–Crippen LogP) is 8.50. The van der Waals surface area contributed by atoms with E-state index < -0.39 is 0 Å². The van der Waals surface area contributed by atoms with Gasteiger partial charge in [-0.25, -0.2) is 0 Å². The summed E-state index contributed by atoms with van der Waals surface area (Å²) in [5.74, 6) is 0. The first-order valence-corrected chi connectivity index (χ1v) is 16.0. The molecule has 6 aromatic rings. The molecule has 0 aromatic heterocycles. The Bertz CT molecular complexity index is 2250. The highest BCUT2D eigenvalue weighted by atomic mass is 14.4. The summed E-state index contributed by atoms with van der Waals surface area (Å²) >= 11 is 0. The van der Waals surface area contributed by atoms with Crippen LogP contribution in [0.25, 0.3) is 44.6 Å². The summed E-state index contributed by atoms with van der Waals surface area (Å²) in [7, 11) is 0. The van der Waals surface area contributed by atoms with Gasteiger partial charge in [0, 0.05) is 5.41 Å². The van der Waals surface area contributed by atoms with Crippen LogP contribution >= 0.6 is 0 Å². The van der Waals surface area contributed by atoms with Gasteiger partial charge >= 0.3 is 0 Å². The minimum atomic E-state index is -0.0383. The van der Waals surface area contributed by atoms with E-state index in [-0.39, 0.29) is 12.1 Å². The van der Waals surface area contributed by atoms with Gasteiger partial charge in [-0.15, -0.1) is 0 Å². The topological polar surface area (TPSA) is 0 Å². The van der Waals surface area contributed by atoms with E-state index >= 15 is 0 Å². The van der Waals surface area contributed by atoms with Crippen LogP contribution in [0.4, 0.5) is 0 Å². The van der Waals surface area contributed by atoms with E-state index in [9.17, 15) is 0 Å². The Morgan fingerprint density at radius 2 is 1.40 bits per heavy atom. The van der Waals surface area contributed by atoms with E-state index in [1.54, 1.807) is 0 Å². The van der Waals surface area contributed by atoms with E-state index in [0.29, 0.717) is 0 Å². The molecule has 1 aliphatic carbocycles. The zero-order chi connectivity index (χ0) is 31.3. The van der Waals surface area contributed by atoms with Crippen molar-refractivity contribution < 1.29 is 0 Å². The molecule has 0 fully saturated rings. The van der Waals surface area contributed by atoms with Crippen LogP contribution in [0.2, 0.25) is 0 Å². The molecule has 1 heteroatoms. The Morgan fingerprint density at radius 1 is 0.689 bits per heavy atom. The van der Waals surface area contributed by atoms with Gasteiger partial charge in [0.2, 0.25) is 6.71 Å². The first kappa shape index (κ1) is 28.9. The van der Waals surface area contributed by atoms with E-state index in [0.717, 1.165) is 5.57 Å². The summed E-state index contributed by atoms with van der Waals surface area (Å²) in [6.07, 6.45) is 2.21. The van der Waals surface area contributed by atoms with Gasteiger partial charge in [-0.2, -0.15) is 0 Å². The Balaban J connectivity index is 1.49. The molecule has 0 radical (unpaired) electrons. The van der Waals surface area contributed by atoms with E-state index in [4.69, 9.17) is 0 Å². The van der Waals surface area contributed by atoms with Crippen LogP contribution in [0.15, 0.2) is 140 Å².